The Balaban J connectivity index is 3.11. The van der Waals surface area contributed by atoms with E-state index in [1.54, 1.807) is 12.1 Å². The summed E-state index contributed by atoms with van der Waals surface area (Å²) in [5.41, 5.74) is 6.60. The van der Waals surface area contributed by atoms with Crippen LogP contribution in [0.2, 0.25) is 0 Å². The summed E-state index contributed by atoms with van der Waals surface area (Å²) in [6.45, 7) is 0.00662. The standard InChI is InChI=1S/C11H17NO4/c1-15-9-5-7(8(12)3-4-13)6-10(16-2)11(9)14/h5-6,8,13-14H,3-4,12H2,1-2H3/t8-/m1/s1. The Bertz CT molecular complexity index is 329. The van der Waals surface area contributed by atoms with Crippen LogP contribution in [-0.2, 0) is 0 Å². The molecule has 5 nitrogen and oxygen atoms in total. The highest BCUT2D eigenvalue weighted by molar-refractivity contribution is 5.53. The van der Waals surface area contributed by atoms with Crippen LogP contribution in [0.3, 0.4) is 0 Å². The highest BCUT2D eigenvalue weighted by atomic mass is 16.5. The summed E-state index contributed by atoms with van der Waals surface area (Å²) in [6, 6.07) is 2.96. The first-order valence-corrected chi connectivity index (χ1v) is 4.95. The maximum absolute atomic E-state index is 9.68. The molecule has 4 N–H and O–H groups in total. The van der Waals surface area contributed by atoms with Crippen molar-refractivity contribution in [1.29, 1.82) is 0 Å². The number of methoxy groups -OCH3 is 2. The van der Waals surface area contributed by atoms with Crippen LogP contribution in [-0.4, -0.2) is 31.0 Å². The van der Waals surface area contributed by atoms with E-state index in [0.717, 1.165) is 5.56 Å². The fourth-order valence-electron chi connectivity index (χ4n) is 1.43. The Kier molecular flexibility index (Phi) is 4.39. The fraction of sp³-hybridized carbons (Fsp3) is 0.455. The molecule has 0 aliphatic rings. The molecule has 0 fully saturated rings. The summed E-state index contributed by atoms with van der Waals surface area (Å²) < 4.78 is 10.0. The highest BCUT2D eigenvalue weighted by Crippen LogP contribution is 2.38. The lowest BCUT2D eigenvalue weighted by Gasteiger charge is -2.15. The van der Waals surface area contributed by atoms with Crippen LogP contribution in [0.4, 0.5) is 0 Å². The molecule has 0 unspecified atom stereocenters. The second kappa shape index (κ2) is 5.58. The normalized spacial score (nSPS) is 12.2. The van der Waals surface area contributed by atoms with Gasteiger partial charge in [-0.1, -0.05) is 0 Å². The maximum atomic E-state index is 9.68. The summed E-state index contributed by atoms with van der Waals surface area (Å²) in [6.07, 6.45) is 0.442. The zero-order chi connectivity index (χ0) is 12.1. The van der Waals surface area contributed by atoms with E-state index in [-0.39, 0.29) is 18.4 Å². The molecule has 0 aromatic heterocycles. The van der Waals surface area contributed by atoms with Crippen molar-refractivity contribution >= 4 is 0 Å². The third-order valence-corrected chi connectivity index (χ3v) is 2.37. The molecule has 0 spiro atoms. The molecule has 0 bridgehead atoms. The van der Waals surface area contributed by atoms with Gasteiger partial charge in [-0.25, -0.2) is 0 Å². The summed E-state index contributed by atoms with van der Waals surface area (Å²) in [5.74, 6) is 0.565. The van der Waals surface area contributed by atoms with Gasteiger partial charge in [0.1, 0.15) is 0 Å². The Hall–Kier alpha value is -1.46. The summed E-state index contributed by atoms with van der Waals surface area (Å²) in [5, 5.41) is 18.5. The summed E-state index contributed by atoms with van der Waals surface area (Å²) >= 11 is 0. The van der Waals surface area contributed by atoms with Crippen molar-refractivity contribution in [1.82, 2.24) is 0 Å². The lowest BCUT2D eigenvalue weighted by Crippen LogP contribution is -2.12. The zero-order valence-corrected chi connectivity index (χ0v) is 9.43. The van der Waals surface area contributed by atoms with E-state index in [1.807, 2.05) is 0 Å². The van der Waals surface area contributed by atoms with E-state index in [0.29, 0.717) is 17.9 Å². The predicted molar refractivity (Wildman–Crippen MR) is 59.8 cm³/mol. The van der Waals surface area contributed by atoms with Crippen LogP contribution in [0.1, 0.15) is 18.0 Å². The van der Waals surface area contributed by atoms with Crippen LogP contribution >= 0.6 is 0 Å². The van der Waals surface area contributed by atoms with Gasteiger partial charge >= 0.3 is 0 Å². The first-order chi connectivity index (χ1) is 7.63. The topological polar surface area (TPSA) is 84.9 Å². The third-order valence-electron chi connectivity index (χ3n) is 2.37. The minimum Gasteiger partial charge on any atom is -0.502 e. The van der Waals surface area contributed by atoms with Gasteiger partial charge in [-0.15, -0.1) is 0 Å². The molecule has 90 valence electrons. The van der Waals surface area contributed by atoms with Crippen LogP contribution in [0, 0.1) is 0 Å². The van der Waals surface area contributed by atoms with Crippen LogP contribution in [0.15, 0.2) is 12.1 Å². The minimum atomic E-state index is -0.312. The number of phenolic OH excluding ortho intramolecular Hbond substituents is 1. The Morgan fingerprint density at radius 2 is 1.75 bits per heavy atom. The number of rotatable bonds is 5. The number of benzene rings is 1. The number of aromatic hydroxyl groups is 1. The second-order valence-corrected chi connectivity index (χ2v) is 3.39. The molecule has 1 atom stereocenters. The largest absolute Gasteiger partial charge is 0.502 e. The van der Waals surface area contributed by atoms with Crippen molar-refractivity contribution in [2.45, 2.75) is 12.5 Å². The maximum Gasteiger partial charge on any atom is 0.200 e. The van der Waals surface area contributed by atoms with Crippen LogP contribution in [0.25, 0.3) is 0 Å². The number of phenols is 1. The Morgan fingerprint density at radius 1 is 1.25 bits per heavy atom. The van der Waals surface area contributed by atoms with E-state index in [9.17, 15) is 5.11 Å². The monoisotopic (exact) mass is 227 g/mol. The van der Waals surface area contributed by atoms with E-state index >= 15 is 0 Å². The Morgan fingerprint density at radius 3 is 2.12 bits per heavy atom. The van der Waals surface area contributed by atoms with Crippen molar-refractivity contribution in [3.8, 4) is 17.2 Å². The van der Waals surface area contributed by atoms with Gasteiger partial charge in [0, 0.05) is 12.6 Å². The van der Waals surface area contributed by atoms with Gasteiger partial charge in [-0.3, -0.25) is 0 Å². The van der Waals surface area contributed by atoms with Crippen molar-refractivity contribution in [2.75, 3.05) is 20.8 Å². The molecule has 0 heterocycles. The zero-order valence-electron chi connectivity index (χ0n) is 9.43. The average molecular weight is 227 g/mol. The molecular weight excluding hydrogens is 210 g/mol. The number of nitrogens with two attached hydrogens (primary N) is 1. The van der Waals surface area contributed by atoms with E-state index in [2.05, 4.69) is 0 Å². The molecule has 0 aliphatic carbocycles. The van der Waals surface area contributed by atoms with E-state index in [1.165, 1.54) is 14.2 Å². The average Bonchev–Trinajstić information content (AvgIpc) is 2.29. The number of aliphatic hydroxyl groups is 1. The van der Waals surface area contributed by atoms with Gasteiger partial charge in [0.25, 0.3) is 0 Å². The second-order valence-electron chi connectivity index (χ2n) is 3.39. The van der Waals surface area contributed by atoms with Gasteiger partial charge < -0.3 is 25.4 Å². The molecule has 1 aromatic carbocycles. The lowest BCUT2D eigenvalue weighted by atomic mass is 10.0. The SMILES string of the molecule is COc1cc([C@H](N)CCO)cc(OC)c1O. The number of ether oxygens (including phenoxy) is 2. The molecule has 1 aromatic rings. The number of hydrogen-bond donors (Lipinski definition) is 3. The molecular formula is C11H17NO4. The molecule has 1 rings (SSSR count). The molecule has 0 amide bonds. The molecule has 0 saturated heterocycles. The van der Waals surface area contributed by atoms with Crippen LogP contribution < -0.4 is 15.2 Å². The molecule has 0 saturated carbocycles. The third kappa shape index (κ3) is 2.56. The van der Waals surface area contributed by atoms with Crippen LogP contribution in [0.5, 0.6) is 17.2 Å². The van der Waals surface area contributed by atoms with Crippen molar-refractivity contribution in [3.63, 3.8) is 0 Å². The minimum absolute atomic E-state index is 0.00662. The first kappa shape index (κ1) is 12.6. The predicted octanol–water partition coefficient (Wildman–Crippen LogP) is 0.792. The molecule has 0 radical (unpaired) electrons. The van der Waals surface area contributed by atoms with Crippen molar-refractivity contribution < 1.29 is 19.7 Å². The lowest BCUT2D eigenvalue weighted by molar-refractivity contribution is 0.276. The van der Waals surface area contributed by atoms with Gasteiger partial charge in [-0.2, -0.15) is 0 Å². The fourth-order valence-corrected chi connectivity index (χ4v) is 1.43. The van der Waals surface area contributed by atoms with Gasteiger partial charge in [-0.05, 0) is 24.1 Å². The van der Waals surface area contributed by atoms with Gasteiger partial charge in [0.2, 0.25) is 5.75 Å². The first-order valence-electron chi connectivity index (χ1n) is 4.95. The highest BCUT2D eigenvalue weighted by Gasteiger charge is 2.14. The van der Waals surface area contributed by atoms with Crippen molar-refractivity contribution in [2.24, 2.45) is 5.73 Å². The van der Waals surface area contributed by atoms with Crippen molar-refractivity contribution in [3.05, 3.63) is 17.7 Å². The number of aliphatic hydroxyl groups excluding tert-OH is 1. The molecule has 16 heavy (non-hydrogen) atoms. The molecule has 5 heteroatoms. The quantitative estimate of drug-likeness (QED) is 0.692. The number of hydrogen-bond acceptors (Lipinski definition) is 5. The Labute approximate surface area is 94.4 Å². The summed E-state index contributed by atoms with van der Waals surface area (Å²) in [7, 11) is 2.91. The van der Waals surface area contributed by atoms with Gasteiger partial charge in [0.05, 0.1) is 14.2 Å². The van der Waals surface area contributed by atoms with E-state index in [4.69, 9.17) is 20.3 Å². The van der Waals surface area contributed by atoms with E-state index < -0.39 is 0 Å². The van der Waals surface area contributed by atoms with Gasteiger partial charge in [0.15, 0.2) is 11.5 Å². The molecule has 0 aliphatic heterocycles. The summed E-state index contributed by atoms with van der Waals surface area (Å²) in [4.78, 5) is 0. The smallest absolute Gasteiger partial charge is 0.200 e.